The number of aliphatic imine (C=N–C) groups is 1. The predicted octanol–water partition coefficient (Wildman–Crippen LogP) is 3.42. The minimum Gasteiger partial charge on any atom is -0.304 e. The quantitative estimate of drug-likeness (QED) is 0.939. The van der Waals surface area contributed by atoms with E-state index in [0.29, 0.717) is 5.17 Å². The van der Waals surface area contributed by atoms with Crippen LogP contribution < -0.4 is 5.32 Å². The number of nitrogens with zero attached hydrogens (tertiary/aromatic N) is 2. The van der Waals surface area contributed by atoms with Crippen molar-refractivity contribution in [1.82, 2.24) is 10.3 Å². The van der Waals surface area contributed by atoms with Gasteiger partial charge >= 0.3 is 0 Å². The fraction of sp³-hybridized carbons (Fsp3) is 0.235. The summed E-state index contributed by atoms with van der Waals surface area (Å²) in [4.78, 5) is 21.0. The molecule has 0 saturated carbocycles. The van der Waals surface area contributed by atoms with E-state index in [0.717, 1.165) is 11.1 Å². The largest absolute Gasteiger partial charge is 0.304 e. The molecule has 0 bridgehead atoms. The molecule has 2 aromatic rings. The van der Waals surface area contributed by atoms with Crippen LogP contribution >= 0.6 is 11.8 Å². The first kappa shape index (κ1) is 15.7. The van der Waals surface area contributed by atoms with Crippen molar-refractivity contribution in [1.29, 1.82) is 0 Å². The zero-order valence-electron chi connectivity index (χ0n) is 12.8. The van der Waals surface area contributed by atoms with Crippen LogP contribution in [0.3, 0.4) is 0 Å². The Morgan fingerprint density at radius 2 is 2.04 bits per heavy atom. The molecule has 0 aliphatic carbocycles. The minimum absolute atomic E-state index is 0.111. The summed E-state index contributed by atoms with van der Waals surface area (Å²) < 4.78 is 12.3. The van der Waals surface area contributed by atoms with Gasteiger partial charge in [-0.3, -0.25) is 14.8 Å². The lowest BCUT2D eigenvalue weighted by Crippen LogP contribution is -2.31. The molecule has 1 saturated heterocycles. The summed E-state index contributed by atoms with van der Waals surface area (Å²) in [5.41, 5.74) is 1.73. The first-order chi connectivity index (χ1) is 11.0. The first-order valence-electron chi connectivity index (χ1n) is 7.23. The molecule has 1 N–H and O–H groups in total. The second-order valence-corrected chi connectivity index (χ2v) is 6.90. The Kier molecular flexibility index (Phi) is 4.17. The molecular weight excluding hydrogens is 313 g/mol. The van der Waals surface area contributed by atoms with Crippen LogP contribution in [0.15, 0.2) is 53.8 Å². The lowest BCUT2D eigenvalue weighted by molar-refractivity contribution is -0.121. The molecule has 1 aliphatic heterocycles. The lowest BCUT2D eigenvalue weighted by Gasteiger charge is -2.18. The van der Waals surface area contributed by atoms with Crippen LogP contribution in [0, 0.1) is 5.82 Å². The van der Waals surface area contributed by atoms with Crippen molar-refractivity contribution in [3.05, 3.63) is 65.7 Å². The average Bonchev–Trinajstić information content (AvgIpc) is 2.84. The van der Waals surface area contributed by atoms with E-state index in [1.54, 1.807) is 24.5 Å². The second kappa shape index (κ2) is 6.12. The zero-order valence-corrected chi connectivity index (χ0v) is 13.6. The van der Waals surface area contributed by atoms with E-state index in [9.17, 15) is 9.18 Å². The molecule has 1 aliphatic rings. The molecule has 6 heteroatoms. The predicted molar refractivity (Wildman–Crippen MR) is 89.6 cm³/mol. The van der Waals surface area contributed by atoms with Crippen LogP contribution in [0.2, 0.25) is 0 Å². The molecule has 0 radical (unpaired) electrons. The third-order valence-corrected chi connectivity index (χ3v) is 5.06. The van der Waals surface area contributed by atoms with E-state index in [2.05, 4.69) is 15.3 Å². The summed E-state index contributed by atoms with van der Waals surface area (Å²) in [5, 5.41) is 3.39. The lowest BCUT2D eigenvalue weighted by atomic mass is 10.0. The van der Waals surface area contributed by atoms with Crippen molar-refractivity contribution in [2.75, 3.05) is 0 Å². The topological polar surface area (TPSA) is 54.4 Å². The van der Waals surface area contributed by atoms with Gasteiger partial charge in [0.05, 0.1) is 6.04 Å². The third kappa shape index (κ3) is 3.12. The van der Waals surface area contributed by atoms with Crippen molar-refractivity contribution in [2.24, 2.45) is 4.99 Å². The molecular formula is C17H16FN3OS. The van der Waals surface area contributed by atoms with Crippen molar-refractivity contribution in [3.8, 4) is 0 Å². The summed E-state index contributed by atoms with van der Waals surface area (Å²) >= 11 is 1.38. The standard InChI is InChI=1S/C17H16FN3OS/c1-11(12-5-7-14(18)8-6-12)20-16-21-15(22)17(2,23-16)13-4-3-9-19-10-13/h3-11H,1-2H3,(H,20,21,22)/t11?,17-/m0/s1. The van der Waals surface area contributed by atoms with Gasteiger partial charge in [-0.05, 0) is 43.2 Å². The zero-order chi connectivity index (χ0) is 16.4. The van der Waals surface area contributed by atoms with Gasteiger partial charge in [-0.15, -0.1) is 0 Å². The highest BCUT2D eigenvalue weighted by Gasteiger charge is 2.44. The van der Waals surface area contributed by atoms with Gasteiger partial charge in [0.25, 0.3) is 0 Å². The number of aromatic nitrogens is 1. The van der Waals surface area contributed by atoms with Gasteiger partial charge in [0.15, 0.2) is 5.17 Å². The number of amides is 1. The Bertz CT molecular complexity index is 748. The van der Waals surface area contributed by atoms with E-state index in [1.165, 1.54) is 23.9 Å². The van der Waals surface area contributed by atoms with Crippen LogP contribution in [-0.4, -0.2) is 16.1 Å². The Labute approximate surface area is 138 Å². The molecule has 1 aromatic carbocycles. The fourth-order valence-corrected chi connectivity index (χ4v) is 3.49. The smallest absolute Gasteiger partial charge is 0.246 e. The number of benzene rings is 1. The summed E-state index contributed by atoms with van der Waals surface area (Å²) in [7, 11) is 0. The van der Waals surface area contributed by atoms with Crippen molar-refractivity contribution in [3.63, 3.8) is 0 Å². The van der Waals surface area contributed by atoms with E-state index >= 15 is 0 Å². The second-order valence-electron chi connectivity index (χ2n) is 5.49. The number of hydrogen-bond acceptors (Lipinski definition) is 4. The minimum atomic E-state index is -0.740. The van der Waals surface area contributed by atoms with Crippen molar-refractivity contribution >= 4 is 22.8 Å². The molecule has 1 amide bonds. The summed E-state index contributed by atoms with van der Waals surface area (Å²) in [5.74, 6) is -0.387. The van der Waals surface area contributed by atoms with Crippen LogP contribution in [-0.2, 0) is 9.54 Å². The number of carbonyl (C=O) groups is 1. The highest BCUT2D eigenvalue weighted by atomic mass is 32.2. The van der Waals surface area contributed by atoms with Crippen molar-refractivity contribution < 1.29 is 9.18 Å². The van der Waals surface area contributed by atoms with Gasteiger partial charge in [-0.1, -0.05) is 30.0 Å². The maximum absolute atomic E-state index is 13.0. The normalized spacial score (nSPS) is 23.8. The molecule has 1 unspecified atom stereocenters. The first-order valence-corrected chi connectivity index (χ1v) is 8.05. The third-order valence-electron chi connectivity index (χ3n) is 3.83. The Morgan fingerprint density at radius 3 is 2.70 bits per heavy atom. The highest BCUT2D eigenvalue weighted by molar-refractivity contribution is 8.15. The van der Waals surface area contributed by atoms with Crippen LogP contribution in [0.5, 0.6) is 0 Å². The molecule has 2 atom stereocenters. The Morgan fingerprint density at radius 1 is 1.30 bits per heavy atom. The molecule has 1 aromatic heterocycles. The van der Waals surface area contributed by atoms with E-state index in [4.69, 9.17) is 0 Å². The molecule has 2 heterocycles. The SMILES string of the molecule is CC(N=C1NC(=O)[C@](C)(c2cccnc2)S1)c1ccc(F)cc1. The van der Waals surface area contributed by atoms with Crippen LogP contribution in [0.4, 0.5) is 4.39 Å². The van der Waals surface area contributed by atoms with E-state index < -0.39 is 4.75 Å². The van der Waals surface area contributed by atoms with Gasteiger partial charge in [-0.2, -0.15) is 0 Å². The number of halogens is 1. The highest BCUT2D eigenvalue weighted by Crippen LogP contribution is 2.41. The molecule has 3 rings (SSSR count). The van der Waals surface area contributed by atoms with Gasteiger partial charge in [0.2, 0.25) is 5.91 Å². The number of amidine groups is 1. The van der Waals surface area contributed by atoms with Crippen molar-refractivity contribution in [2.45, 2.75) is 24.6 Å². The number of carbonyl (C=O) groups excluding carboxylic acids is 1. The molecule has 118 valence electrons. The van der Waals surface area contributed by atoms with Gasteiger partial charge in [-0.25, -0.2) is 4.39 Å². The molecule has 0 spiro atoms. The number of thioether (sulfide) groups is 1. The Hall–Kier alpha value is -2.21. The average molecular weight is 329 g/mol. The maximum Gasteiger partial charge on any atom is 0.246 e. The number of nitrogens with one attached hydrogen (secondary N) is 1. The summed E-state index contributed by atoms with van der Waals surface area (Å²) in [6.07, 6.45) is 3.37. The van der Waals surface area contributed by atoms with E-state index in [1.807, 2.05) is 26.0 Å². The maximum atomic E-state index is 13.0. The molecule has 23 heavy (non-hydrogen) atoms. The van der Waals surface area contributed by atoms with Gasteiger partial charge < -0.3 is 5.32 Å². The van der Waals surface area contributed by atoms with Gasteiger partial charge in [0.1, 0.15) is 10.6 Å². The number of hydrogen-bond donors (Lipinski definition) is 1. The molecule has 1 fully saturated rings. The fourth-order valence-electron chi connectivity index (χ4n) is 2.37. The monoisotopic (exact) mass is 329 g/mol. The van der Waals surface area contributed by atoms with Crippen LogP contribution in [0.25, 0.3) is 0 Å². The van der Waals surface area contributed by atoms with Gasteiger partial charge in [0, 0.05) is 12.4 Å². The van der Waals surface area contributed by atoms with Crippen LogP contribution in [0.1, 0.15) is 31.0 Å². The molecule has 4 nitrogen and oxygen atoms in total. The summed E-state index contributed by atoms with van der Waals surface area (Å²) in [6, 6.07) is 9.74. The van der Waals surface area contributed by atoms with E-state index in [-0.39, 0.29) is 17.8 Å². The number of pyridine rings is 1. The summed E-state index contributed by atoms with van der Waals surface area (Å²) in [6.45, 7) is 3.77. The number of rotatable bonds is 3. The Balaban J connectivity index is 1.83.